The first kappa shape index (κ1) is 18.3. The number of carbonyl (C=O) groups is 1. The molecule has 0 aliphatic rings. The van der Waals surface area contributed by atoms with E-state index in [1.165, 1.54) is 5.57 Å². The molecule has 0 aromatic heterocycles. The van der Waals surface area contributed by atoms with Gasteiger partial charge >= 0.3 is 5.97 Å². The summed E-state index contributed by atoms with van der Waals surface area (Å²) in [7, 11) is 0. The van der Waals surface area contributed by atoms with Gasteiger partial charge in [-0.3, -0.25) is 0 Å². The maximum atomic E-state index is 10.5. The average Bonchev–Trinajstić information content (AvgIpc) is 1.97. The second kappa shape index (κ2) is 9.03. The number of allylic oxidation sites excluding steroid dienone is 3. The van der Waals surface area contributed by atoms with Gasteiger partial charge in [0, 0.05) is 5.57 Å². The lowest BCUT2D eigenvalue weighted by atomic mass is 9.99. The molecular formula is C15H28O2. The number of hydrogen-bond donors (Lipinski definition) is 1. The van der Waals surface area contributed by atoms with E-state index in [0.717, 1.165) is 5.57 Å². The van der Waals surface area contributed by atoms with Crippen molar-refractivity contribution in [1.29, 1.82) is 0 Å². The van der Waals surface area contributed by atoms with Gasteiger partial charge in [-0.1, -0.05) is 44.9 Å². The Balaban J connectivity index is 0. The quantitative estimate of drug-likeness (QED) is 0.575. The number of carboxylic acid groups (broad SMARTS) is 1. The van der Waals surface area contributed by atoms with Crippen molar-refractivity contribution in [2.24, 2.45) is 11.8 Å². The molecule has 0 saturated carbocycles. The Hall–Kier alpha value is -1.05. The molecule has 1 N–H and O–H groups in total. The molecule has 0 aliphatic carbocycles. The van der Waals surface area contributed by atoms with E-state index >= 15 is 0 Å². The molecule has 17 heavy (non-hydrogen) atoms. The standard InChI is InChI=1S/C8H14O2.C7H14/c1-5(2)7(6(3)4)8(9)10;1-6(2)5-7(3)4/h5H,1-4H3,(H,9,10);5-6H,1-4H3. The third kappa shape index (κ3) is 11.2. The van der Waals surface area contributed by atoms with Crippen molar-refractivity contribution in [3.05, 3.63) is 22.8 Å². The Morgan fingerprint density at radius 1 is 1.00 bits per heavy atom. The van der Waals surface area contributed by atoms with Gasteiger partial charge in [-0.2, -0.15) is 0 Å². The van der Waals surface area contributed by atoms with E-state index < -0.39 is 5.97 Å². The minimum atomic E-state index is -0.796. The molecule has 2 heteroatoms. The molecule has 100 valence electrons. The zero-order valence-corrected chi connectivity index (χ0v) is 12.6. The van der Waals surface area contributed by atoms with Crippen LogP contribution in [0.25, 0.3) is 0 Å². The van der Waals surface area contributed by atoms with Gasteiger partial charge in [0.05, 0.1) is 0 Å². The fourth-order valence-corrected chi connectivity index (χ4v) is 1.70. The third-order valence-corrected chi connectivity index (χ3v) is 2.01. The molecule has 0 aliphatic heterocycles. The van der Waals surface area contributed by atoms with Crippen LogP contribution < -0.4 is 0 Å². The van der Waals surface area contributed by atoms with Crippen LogP contribution in [0.3, 0.4) is 0 Å². The molecule has 0 fully saturated rings. The van der Waals surface area contributed by atoms with Crippen LogP contribution >= 0.6 is 0 Å². The molecule has 0 atom stereocenters. The summed E-state index contributed by atoms with van der Waals surface area (Å²) in [6.45, 7) is 16.0. The number of aliphatic carboxylic acids is 1. The molecule has 0 unspecified atom stereocenters. The highest BCUT2D eigenvalue weighted by atomic mass is 16.4. The zero-order chi connectivity index (χ0) is 14.2. The summed E-state index contributed by atoms with van der Waals surface area (Å²) >= 11 is 0. The van der Waals surface area contributed by atoms with Gasteiger partial charge in [0.1, 0.15) is 0 Å². The predicted molar refractivity (Wildman–Crippen MR) is 75.1 cm³/mol. The van der Waals surface area contributed by atoms with E-state index in [0.29, 0.717) is 11.5 Å². The zero-order valence-electron chi connectivity index (χ0n) is 12.6. The summed E-state index contributed by atoms with van der Waals surface area (Å²) in [6.07, 6.45) is 2.25. The van der Waals surface area contributed by atoms with Crippen molar-refractivity contribution < 1.29 is 9.90 Å². The Labute approximate surface area is 106 Å². The van der Waals surface area contributed by atoms with Crippen molar-refractivity contribution in [1.82, 2.24) is 0 Å². The van der Waals surface area contributed by atoms with Crippen LogP contribution in [0.1, 0.15) is 55.4 Å². The molecule has 0 aromatic carbocycles. The highest BCUT2D eigenvalue weighted by Crippen LogP contribution is 2.13. The first-order valence-corrected chi connectivity index (χ1v) is 6.15. The highest BCUT2D eigenvalue weighted by molar-refractivity contribution is 5.87. The van der Waals surface area contributed by atoms with Crippen LogP contribution in [0, 0.1) is 11.8 Å². The Morgan fingerprint density at radius 3 is 1.41 bits per heavy atom. The predicted octanol–water partition coefficient (Wildman–Crippen LogP) is 4.67. The van der Waals surface area contributed by atoms with Crippen LogP contribution in [0.15, 0.2) is 22.8 Å². The SMILES string of the molecule is CC(C)=C(C(=O)O)C(C)C.CC(C)=CC(C)C. The minimum Gasteiger partial charge on any atom is -0.478 e. The summed E-state index contributed by atoms with van der Waals surface area (Å²) < 4.78 is 0. The van der Waals surface area contributed by atoms with E-state index in [4.69, 9.17) is 5.11 Å². The molecule has 0 heterocycles. The molecule has 0 aromatic rings. The van der Waals surface area contributed by atoms with E-state index in [-0.39, 0.29) is 5.92 Å². The molecule has 2 nitrogen and oxygen atoms in total. The summed E-state index contributed by atoms with van der Waals surface area (Å²) in [5.74, 6) is 0.0301. The van der Waals surface area contributed by atoms with Crippen molar-refractivity contribution in [3.63, 3.8) is 0 Å². The van der Waals surface area contributed by atoms with E-state index in [9.17, 15) is 4.79 Å². The average molecular weight is 240 g/mol. The number of hydrogen-bond acceptors (Lipinski definition) is 1. The van der Waals surface area contributed by atoms with Crippen LogP contribution in [-0.4, -0.2) is 11.1 Å². The van der Waals surface area contributed by atoms with Crippen LogP contribution in [-0.2, 0) is 4.79 Å². The number of rotatable bonds is 3. The first-order valence-electron chi connectivity index (χ1n) is 6.15. The normalized spacial score (nSPS) is 9.53. The summed E-state index contributed by atoms with van der Waals surface area (Å²) in [6, 6.07) is 0. The topological polar surface area (TPSA) is 37.3 Å². The van der Waals surface area contributed by atoms with Gasteiger partial charge in [-0.05, 0) is 39.5 Å². The second-order valence-corrected chi connectivity index (χ2v) is 5.36. The van der Waals surface area contributed by atoms with Gasteiger partial charge in [-0.25, -0.2) is 4.79 Å². The molecule has 0 saturated heterocycles. The second-order valence-electron chi connectivity index (χ2n) is 5.36. The van der Waals surface area contributed by atoms with Gasteiger partial charge in [0.2, 0.25) is 0 Å². The van der Waals surface area contributed by atoms with Crippen LogP contribution in [0.5, 0.6) is 0 Å². The molecule has 0 radical (unpaired) electrons. The Bertz CT molecular complexity index is 286. The monoisotopic (exact) mass is 240 g/mol. The first-order chi connectivity index (χ1) is 7.59. The Kier molecular flexibility index (Phi) is 9.73. The fourth-order valence-electron chi connectivity index (χ4n) is 1.70. The molecule has 0 spiro atoms. The lowest BCUT2D eigenvalue weighted by Crippen LogP contribution is -2.08. The van der Waals surface area contributed by atoms with Gasteiger partial charge in [0.25, 0.3) is 0 Å². The third-order valence-electron chi connectivity index (χ3n) is 2.01. The van der Waals surface area contributed by atoms with E-state index in [2.05, 4.69) is 33.8 Å². The van der Waals surface area contributed by atoms with Crippen molar-refractivity contribution in [2.75, 3.05) is 0 Å². The van der Waals surface area contributed by atoms with E-state index in [1.807, 2.05) is 27.7 Å². The van der Waals surface area contributed by atoms with Crippen LogP contribution in [0.4, 0.5) is 0 Å². The summed E-state index contributed by atoms with van der Waals surface area (Å²) in [5.41, 5.74) is 2.83. The molecule has 0 bridgehead atoms. The lowest BCUT2D eigenvalue weighted by molar-refractivity contribution is -0.133. The van der Waals surface area contributed by atoms with Gasteiger partial charge in [-0.15, -0.1) is 0 Å². The molecule has 0 amide bonds. The largest absolute Gasteiger partial charge is 0.478 e. The van der Waals surface area contributed by atoms with Gasteiger partial charge in [0.15, 0.2) is 0 Å². The molecular weight excluding hydrogens is 212 g/mol. The van der Waals surface area contributed by atoms with Gasteiger partial charge < -0.3 is 5.11 Å². The number of carboxylic acids is 1. The fraction of sp³-hybridized carbons (Fsp3) is 0.667. The van der Waals surface area contributed by atoms with Crippen molar-refractivity contribution >= 4 is 5.97 Å². The maximum Gasteiger partial charge on any atom is 0.331 e. The van der Waals surface area contributed by atoms with Crippen LogP contribution in [0.2, 0.25) is 0 Å². The lowest BCUT2D eigenvalue weighted by Gasteiger charge is -2.07. The smallest absolute Gasteiger partial charge is 0.331 e. The maximum absolute atomic E-state index is 10.5. The summed E-state index contributed by atoms with van der Waals surface area (Å²) in [5, 5.41) is 8.66. The highest BCUT2D eigenvalue weighted by Gasteiger charge is 2.12. The summed E-state index contributed by atoms with van der Waals surface area (Å²) in [4.78, 5) is 10.5. The minimum absolute atomic E-state index is 0.113. The Morgan fingerprint density at radius 2 is 1.41 bits per heavy atom. The van der Waals surface area contributed by atoms with E-state index in [1.54, 1.807) is 0 Å². The van der Waals surface area contributed by atoms with Crippen molar-refractivity contribution in [3.8, 4) is 0 Å². The molecule has 0 rings (SSSR count). The van der Waals surface area contributed by atoms with Crippen molar-refractivity contribution in [2.45, 2.75) is 55.4 Å².